The zero-order valence-corrected chi connectivity index (χ0v) is 13.8. The highest BCUT2D eigenvalue weighted by Gasteiger charge is 2.72. The van der Waals surface area contributed by atoms with E-state index in [0.717, 1.165) is 5.75 Å². The molecule has 4 saturated heterocycles. The van der Waals surface area contributed by atoms with E-state index in [1.807, 2.05) is 44.2 Å². The largest absolute Gasteiger partial charge is 0.468 e. The van der Waals surface area contributed by atoms with Gasteiger partial charge >= 0.3 is 0 Å². The minimum absolute atomic E-state index is 0.349. The third-order valence-electron chi connectivity index (χ3n) is 4.40. The van der Waals surface area contributed by atoms with Crippen LogP contribution in [0.15, 0.2) is 30.3 Å². The Labute approximate surface area is 126 Å². The first-order valence-electron chi connectivity index (χ1n) is 7.38. The Kier molecular flexibility index (Phi) is 2.65. The second-order valence-corrected chi connectivity index (χ2v) is 9.64. The molecular formula is C16H21O4P. The van der Waals surface area contributed by atoms with E-state index >= 15 is 0 Å². The number of para-hydroxylation sites is 1. The predicted molar refractivity (Wildman–Crippen MR) is 80.1 cm³/mol. The van der Waals surface area contributed by atoms with Crippen LogP contribution in [0.5, 0.6) is 5.75 Å². The normalized spacial score (nSPS) is 51.1. The molecule has 4 heterocycles. The van der Waals surface area contributed by atoms with Gasteiger partial charge in [0.25, 0.3) is 0 Å². The lowest BCUT2D eigenvalue weighted by Gasteiger charge is -2.68. The fourth-order valence-electron chi connectivity index (χ4n) is 4.34. The summed E-state index contributed by atoms with van der Waals surface area (Å²) in [5.41, 5.74) is 0. The third-order valence-corrected chi connectivity index (χ3v) is 7.01. The van der Waals surface area contributed by atoms with E-state index in [1.54, 1.807) is 0 Å². The highest BCUT2D eigenvalue weighted by molar-refractivity contribution is 7.56. The summed E-state index contributed by atoms with van der Waals surface area (Å²) in [5, 5.41) is -0.698. The Balaban J connectivity index is 1.73. The topological polar surface area (TPSA) is 36.9 Å². The number of ether oxygens (including phenoxy) is 3. The quantitative estimate of drug-likeness (QED) is 0.767. The fourth-order valence-corrected chi connectivity index (χ4v) is 7.48. The molecule has 0 saturated carbocycles. The van der Waals surface area contributed by atoms with Gasteiger partial charge in [0.15, 0.2) is 19.7 Å². The summed E-state index contributed by atoms with van der Waals surface area (Å²) in [7, 11) is -0.934. The molecule has 5 heteroatoms. The SMILES string of the molecule is C[C@@]12C[C@]3(C)O[C@@](C)(C[C@](C)(O1)P3Oc1ccccc1)O2. The minimum atomic E-state index is -0.934. The van der Waals surface area contributed by atoms with Crippen LogP contribution >= 0.6 is 8.15 Å². The minimum Gasteiger partial charge on any atom is -0.468 e. The molecule has 4 aliphatic rings. The molecule has 4 fully saturated rings. The molecule has 0 N–H and O–H groups in total. The predicted octanol–water partition coefficient (Wildman–Crippen LogP) is 4.20. The van der Waals surface area contributed by atoms with Crippen molar-refractivity contribution in [2.24, 2.45) is 0 Å². The van der Waals surface area contributed by atoms with Crippen LogP contribution in [0.4, 0.5) is 0 Å². The van der Waals surface area contributed by atoms with Gasteiger partial charge in [-0.15, -0.1) is 0 Å². The van der Waals surface area contributed by atoms with Crippen LogP contribution in [0.1, 0.15) is 40.5 Å². The smallest absolute Gasteiger partial charge is 0.173 e. The van der Waals surface area contributed by atoms with Crippen molar-refractivity contribution in [2.75, 3.05) is 0 Å². The van der Waals surface area contributed by atoms with E-state index in [2.05, 4.69) is 13.8 Å². The zero-order valence-electron chi connectivity index (χ0n) is 12.9. The van der Waals surface area contributed by atoms with Gasteiger partial charge in [0.1, 0.15) is 16.4 Å². The van der Waals surface area contributed by atoms with Gasteiger partial charge in [-0.2, -0.15) is 0 Å². The fraction of sp³-hybridized carbons (Fsp3) is 0.625. The first-order chi connectivity index (χ1) is 9.75. The Bertz CT molecular complexity index is 531. The lowest BCUT2D eigenvalue weighted by molar-refractivity contribution is -0.469. The molecule has 0 aromatic heterocycles. The Morgan fingerprint density at radius 1 is 0.857 bits per heavy atom. The highest BCUT2D eigenvalue weighted by Crippen LogP contribution is 2.76. The molecule has 4 aliphatic heterocycles. The number of hydrogen-bond donors (Lipinski definition) is 0. The maximum absolute atomic E-state index is 6.35. The lowest BCUT2D eigenvalue weighted by atomic mass is 9.98. The molecule has 0 amide bonds. The van der Waals surface area contributed by atoms with Crippen LogP contribution in [0.2, 0.25) is 0 Å². The Morgan fingerprint density at radius 2 is 1.38 bits per heavy atom. The standard InChI is InChI=1S/C16H21O4P/c1-13-10-15(3)20-14(2,18-13)11-16(4,19-13)21(15)17-12-8-6-5-7-9-12/h5-9H,10-11H2,1-4H3/t13-,14-,15+,16+/m0/s1. The molecule has 0 spiro atoms. The van der Waals surface area contributed by atoms with Gasteiger partial charge in [-0.3, -0.25) is 0 Å². The van der Waals surface area contributed by atoms with Crippen molar-refractivity contribution >= 4 is 8.15 Å². The number of rotatable bonds is 2. The second-order valence-electron chi connectivity index (χ2n) is 6.98. The maximum atomic E-state index is 6.35. The molecule has 0 unspecified atom stereocenters. The van der Waals surface area contributed by atoms with Gasteiger partial charge in [0, 0.05) is 12.8 Å². The van der Waals surface area contributed by atoms with Gasteiger partial charge in [-0.05, 0) is 39.8 Å². The molecule has 4 atom stereocenters. The van der Waals surface area contributed by atoms with Crippen molar-refractivity contribution in [1.29, 1.82) is 0 Å². The average molecular weight is 308 g/mol. The zero-order chi connectivity index (χ0) is 14.9. The molecule has 114 valence electrons. The molecule has 4 nitrogen and oxygen atoms in total. The molecule has 21 heavy (non-hydrogen) atoms. The molecule has 0 radical (unpaired) electrons. The summed E-state index contributed by atoms with van der Waals surface area (Å²) < 4.78 is 25.0. The van der Waals surface area contributed by atoms with Crippen molar-refractivity contribution in [2.45, 2.75) is 62.8 Å². The van der Waals surface area contributed by atoms with E-state index in [9.17, 15) is 0 Å². The summed E-state index contributed by atoms with van der Waals surface area (Å²) >= 11 is 0. The van der Waals surface area contributed by atoms with Crippen molar-refractivity contribution < 1.29 is 18.7 Å². The van der Waals surface area contributed by atoms with E-state index in [1.165, 1.54) is 0 Å². The summed E-state index contributed by atoms with van der Waals surface area (Å²) in [4.78, 5) is 0. The maximum Gasteiger partial charge on any atom is 0.173 e. The third kappa shape index (κ3) is 2.04. The van der Waals surface area contributed by atoms with Gasteiger partial charge < -0.3 is 18.7 Å². The van der Waals surface area contributed by atoms with E-state index < -0.39 is 19.7 Å². The Hall–Kier alpha value is -0.670. The van der Waals surface area contributed by atoms with Crippen molar-refractivity contribution in [3.63, 3.8) is 0 Å². The van der Waals surface area contributed by atoms with Crippen molar-refractivity contribution in [1.82, 2.24) is 0 Å². The van der Waals surface area contributed by atoms with Gasteiger partial charge in [0.05, 0.1) is 0 Å². The van der Waals surface area contributed by atoms with Gasteiger partial charge in [-0.1, -0.05) is 18.2 Å². The summed E-state index contributed by atoms with van der Waals surface area (Å²) in [6.45, 7) is 8.30. The van der Waals surface area contributed by atoms with Crippen LogP contribution in [0, 0.1) is 0 Å². The first kappa shape index (κ1) is 14.0. The second kappa shape index (κ2) is 3.99. The van der Waals surface area contributed by atoms with Crippen LogP contribution in [-0.4, -0.2) is 22.3 Å². The molecule has 1 aromatic rings. The average Bonchev–Trinajstić information content (AvgIpc) is 2.31. The monoisotopic (exact) mass is 308 g/mol. The molecule has 1 aromatic carbocycles. The molecule has 0 aliphatic carbocycles. The molecule has 5 rings (SSSR count). The summed E-state index contributed by atoms with van der Waals surface area (Å²) in [5.74, 6) is -0.275. The van der Waals surface area contributed by atoms with Gasteiger partial charge in [0.2, 0.25) is 0 Å². The van der Waals surface area contributed by atoms with Gasteiger partial charge in [-0.25, -0.2) is 0 Å². The van der Waals surface area contributed by atoms with Crippen molar-refractivity contribution in [3.8, 4) is 5.75 Å². The number of hydrogen-bond acceptors (Lipinski definition) is 4. The highest BCUT2D eigenvalue weighted by atomic mass is 31.1. The summed E-state index contributed by atoms with van der Waals surface area (Å²) in [6, 6.07) is 9.93. The van der Waals surface area contributed by atoms with Crippen LogP contribution in [0.3, 0.4) is 0 Å². The number of benzene rings is 1. The Morgan fingerprint density at radius 3 is 1.90 bits per heavy atom. The molecular weight excluding hydrogens is 287 g/mol. The lowest BCUT2D eigenvalue weighted by Crippen LogP contribution is -2.71. The van der Waals surface area contributed by atoms with Crippen LogP contribution in [0.25, 0.3) is 0 Å². The van der Waals surface area contributed by atoms with E-state index in [0.29, 0.717) is 12.8 Å². The first-order valence-corrected chi connectivity index (χ1v) is 8.64. The van der Waals surface area contributed by atoms with Crippen molar-refractivity contribution in [3.05, 3.63) is 30.3 Å². The van der Waals surface area contributed by atoms with E-state index in [-0.39, 0.29) is 10.7 Å². The van der Waals surface area contributed by atoms with E-state index in [4.69, 9.17) is 18.7 Å². The van der Waals surface area contributed by atoms with Crippen LogP contribution in [-0.2, 0) is 14.2 Å². The summed E-state index contributed by atoms with van der Waals surface area (Å²) in [6.07, 6.45) is 1.40. The van der Waals surface area contributed by atoms with Crippen LogP contribution < -0.4 is 4.52 Å². The molecule has 4 bridgehead atoms.